The molecule has 0 bridgehead atoms. The number of nitrogens with one attached hydrogen (secondary N) is 1. The van der Waals surface area contributed by atoms with Gasteiger partial charge in [0.25, 0.3) is 0 Å². The molecule has 0 saturated carbocycles. The largest absolute Gasteiger partial charge is 0.469 e. The van der Waals surface area contributed by atoms with E-state index in [0.717, 1.165) is 18.5 Å². The van der Waals surface area contributed by atoms with Crippen LogP contribution in [0, 0.1) is 0 Å². The van der Waals surface area contributed by atoms with Gasteiger partial charge in [-0.25, -0.2) is 4.39 Å². The van der Waals surface area contributed by atoms with E-state index in [0.29, 0.717) is 13.0 Å². The highest BCUT2D eigenvalue weighted by molar-refractivity contribution is 5.69. The molecule has 0 amide bonds. The minimum Gasteiger partial charge on any atom is -0.469 e. The molecule has 1 aromatic carbocycles. The third-order valence-electron chi connectivity index (χ3n) is 2.45. The molecule has 0 saturated heterocycles. The van der Waals surface area contributed by atoms with Gasteiger partial charge in [-0.3, -0.25) is 4.79 Å². The van der Waals surface area contributed by atoms with E-state index in [1.807, 2.05) is 24.3 Å². The fourth-order valence-corrected chi connectivity index (χ4v) is 1.52. The number of halogens is 1. The van der Waals surface area contributed by atoms with Crippen molar-refractivity contribution in [1.29, 1.82) is 0 Å². The van der Waals surface area contributed by atoms with Gasteiger partial charge in [0.15, 0.2) is 0 Å². The first-order valence-electron chi connectivity index (χ1n) is 5.72. The molecular weight excluding hydrogens is 221 g/mol. The summed E-state index contributed by atoms with van der Waals surface area (Å²) in [7, 11) is 1.40. The normalized spacial score (nSPS) is 10.0. The van der Waals surface area contributed by atoms with E-state index < -0.39 is 0 Å². The van der Waals surface area contributed by atoms with Gasteiger partial charge in [0, 0.05) is 18.7 Å². The van der Waals surface area contributed by atoms with Crippen LogP contribution in [-0.2, 0) is 16.0 Å². The number of hydrogen-bond donors (Lipinski definition) is 1. The number of anilines is 1. The summed E-state index contributed by atoms with van der Waals surface area (Å²) in [5.41, 5.74) is 2.08. The van der Waals surface area contributed by atoms with Crippen LogP contribution in [0.3, 0.4) is 0 Å². The van der Waals surface area contributed by atoms with Crippen molar-refractivity contribution in [2.75, 3.05) is 25.6 Å². The van der Waals surface area contributed by atoms with Crippen molar-refractivity contribution in [3.8, 4) is 0 Å². The number of rotatable bonds is 7. The van der Waals surface area contributed by atoms with Crippen molar-refractivity contribution in [2.45, 2.75) is 19.3 Å². The molecule has 0 aromatic heterocycles. The van der Waals surface area contributed by atoms with E-state index in [2.05, 4.69) is 10.1 Å². The van der Waals surface area contributed by atoms with Crippen LogP contribution in [0.4, 0.5) is 10.1 Å². The molecule has 94 valence electrons. The highest BCUT2D eigenvalue weighted by Gasteiger charge is 2.00. The smallest absolute Gasteiger partial charge is 0.305 e. The fourth-order valence-electron chi connectivity index (χ4n) is 1.52. The molecule has 0 fully saturated rings. The average Bonchev–Trinajstić information content (AvgIpc) is 2.37. The minimum atomic E-state index is -0.374. The Kier molecular flexibility index (Phi) is 6.07. The van der Waals surface area contributed by atoms with Crippen LogP contribution in [0.5, 0.6) is 0 Å². The summed E-state index contributed by atoms with van der Waals surface area (Å²) < 4.78 is 16.5. The van der Waals surface area contributed by atoms with Crippen molar-refractivity contribution < 1.29 is 13.9 Å². The topological polar surface area (TPSA) is 38.3 Å². The van der Waals surface area contributed by atoms with E-state index in [1.54, 1.807) is 0 Å². The Bertz CT molecular complexity index is 338. The number of alkyl halides is 1. The maximum Gasteiger partial charge on any atom is 0.305 e. The maximum absolute atomic E-state index is 11.9. The standard InChI is InChI=1S/C13H18FNO2/c1-17-13(16)4-2-3-11-5-7-12(8-6-11)15-10-9-14/h5-8,15H,2-4,9-10H2,1H3. The molecule has 17 heavy (non-hydrogen) atoms. The zero-order valence-electron chi connectivity index (χ0n) is 10.0. The molecule has 0 aliphatic heterocycles. The predicted molar refractivity (Wildman–Crippen MR) is 65.9 cm³/mol. The highest BCUT2D eigenvalue weighted by Crippen LogP contribution is 2.11. The Morgan fingerprint density at radius 1 is 1.35 bits per heavy atom. The molecule has 0 aliphatic rings. The molecule has 0 atom stereocenters. The van der Waals surface area contributed by atoms with Gasteiger partial charge in [0.2, 0.25) is 0 Å². The molecule has 0 unspecified atom stereocenters. The van der Waals surface area contributed by atoms with Crippen LogP contribution < -0.4 is 5.32 Å². The predicted octanol–water partition coefficient (Wildman–Crippen LogP) is 2.56. The van der Waals surface area contributed by atoms with Gasteiger partial charge in [-0.05, 0) is 30.5 Å². The second kappa shape index (κ2) is 7.65. The molecule has 0 spiro atoms. The number of esters is 1. The Balaban J connectivity index is 2.32. The molecule has 1 aromatic rings. The molecular formula is C13H18FNO2. The molecule has 1 rings (SSSR count). The summed E-state index contributed by atoms with van der Waals surface area (Å²) in [5, 5.41) is 2.96. The van der Waals surface area contributed by atoms with Crippen molar-refractivity contribution >= 4 is 11.7 Å². The third-order valence-corrected chi connectivity index (χ3v) is 2.45. The third kappa shape index (κ3) is 5.33. The van der Waals surface area contributed by atoms with Crippen molar-refractivity contribution in [1.82, 2.24) is 0 Å². The van der Waals surface area contributed by atoms with Crippen molar-refractivity contribution in [3.63, 3.8) is 0 Å². The van der Waals surface area contributed by atoms with Gasteiger partial charge < -0.3 is 10.1 Å². The summed E-state index contributed by atoms with van der Waals surface area (Å²) in [6.45, 7) is -0.0391. The van der Waals surface area contributed by atoms with E-state index in [-0.39, 0.29) is 12.6 Å². The van der Waals surface area contributed by atoms with Gasteiger partial charge >= 0.3 is 5.97 Å². The van der Waals surface area contributed by atoms with Gasteiger partial charge in [-0.1, -0.05) is 12.1 Å². The summed E-state index contributed by atoms with van der Waals surface area (Å²) in [5.74, 6) is -0.175. The average molecular weight is 239 g/mol. The van der Waals surface area contributed by atoms with Crippen LogP contribution in [0.1, 0.15) is 18.4 Å². The quantitative estimate of drug-likeness (QED) is 0.743. The van der Waals surface area contributed by atoms with E-state index >= 15 is 0 Å². The zero-order chi connectivity index (χ0) is 12.5. The van der Waals surface area contributed by atoms with Gasteiger partial charge in [0.05, 0.1) is 7.11 Å². The minimum absolute atomic E-state index is 0.175. The summed E-state index contributed by atoms with van der Waals surface area (Å²) in [4.78, 5) is 10.9. The van der Waals surface area contributed by atoms with Crippen LogP contribution in [0.15, 0.2) is 24.3 Å². The summed E-state index contributed by atoms with van der Waals surface area (Å²) >= 11 is 0. The number of aryl methyl sites for hydroxylation is 1. The summed E-state index contributed by atoms with van der Waals surface area (Å²) in [6.07, 6.45) is 2.07. The first kappa shape index (κ1) is 13.5. The SMILES string of the molecule is COC(=O)CCCc1ccc(NCCF)cc1. The van der Waals surface area contributed by atoms with Crippen LogP contribution in [-0.4, -0.2) is 26.3 Å². The molecule has 4 heteroatoms. The molecule has 1 N–H and O–H groups in total. The zero-order valence-corrected chi connectivity index (χ0v) is 10.0. The van der Waals surface area contributed by atoms with Crippen molar-refractivity contribution in [3.05, 3.63) is 29.8 Å². The second-order valence-corrected chi connectivity index (χ2v) is 3.74. The number of ether oxygens (including phenoxy) is 1. The highest BCUT2D eigenvalue weighted by atomic mass is 19.1. The Morgan fingerprint density at radius 2 is 2.06 bits per heavy atom. The number of benzene rings is 1. The Morgan fingerprint density at radius 3 is 2.65 bits per heavy atom. The van der Waals surface area contributed by atoms with Gasteiger partial charge in [-0.15, -0.1) is 0 Å². The first-order chi connectivity index (χ1) is 8.26. The van der Waals surface area contributed by atoms with Crippen LogP contribution in [0.25, 0.3) is 0 Å². The number of methoxy groups -OCH3 is 1. The molecule has 0 radical (unpaired) electrons. The van der Waals surface area contributed by atoms with E-state index in [4.69, 9.17) is 0 Å². The Labute approximate surface area is 101 Å². The second-order valence-electron chi connectivity index (χ2n) is 3.74. The number of carbonyl (C=O) groups is 1. The monoisotopic (exact) mass is 239 g/mol. The summed E-state index contributed by atoms with van der Waals surface area (Å²) in [6, 6.07) is 7.81. The van der Waals surface area contributed by atoms with Gasteiger partial charge in [0.1, 0.15) is 6.67 Å². The van der Waals surface area contributed by atoms with Crippen LogP contribution >= 0.6 is 0 Å². The lowest BCUT2D eigenvalue weighted by Gasteiger charge is -2.05. The van der Waals surface area contributed by atoms with E-state index in [1.165, 1.54) is 12.7 Å². The fraction of sp³-hybridized carbons (Fsp3) is 0.462. The first-order valence-corrected chi connectivity index (χ1v) is 5.72. The Hall–Kier alpha value is -1.58. The van der Waals surface area contributed by atoms with Crippen molar-refractivity contribution in [2.24, 2.45) is 0 Å². The molecule has 0 heterocycles. The van der Waals surface area contributed by atoms with Gasteiger partial charge in [-0.2, -0.15) is 0 Å². The lowest BCUT2D eigenvalue weighted by Crippen LogP contribution is -2.03. The number of hydrogen-bond acceptors (Lipinski definition) is 3. The lowest BCUT2D eigenvalue weighted by atomic mass is 10.1. The maximum atomic E-state index is 11.9. The van der Waals surface area contributed by atoms with E-state index in [9.17, 15) is 9.18 Å². The molecule has 0 aliphatic carbocycles. The van der Waals surface area contributed by atoms with Crippen LogP contribution in [0.2, 0.25) is 0 Å². The number of carbonyl (C=O) groups excluding carboxylic acids is 1. The molecule has 3 nitrogen and oxygen atoms in total. The lowest BCUT2D eigenvalue weighted by molar-refractivity contribution is -0.140.